The first kappa shape index (κ1) is 20.8. The number of hydrogen-bond acceptors (Lipinski definition) is 5. The average Bonchev–Trinajstić information content (AvgIpc) is 2.69. The number of fused-ring (bicyclic) bond motifs is 1. The van der Waals surface area contributed by atoms with Crippen molar-refractivity contribution in [2.75, 3.05) is 13.2 Å². The monoisotopic (exact) mass is 413 g/mol. The Kier molecular flexibility index (Phi) is 6.48. The van der Waals surface area contributed by atoms with E-state index >= 15 is 0 Å². The predicted octanol–water partition coefficient (Wildman–Crippen LogP) is 1.68. The van der Waals surface area contributed by atoms with Gasteiger partial charge in [0.1, 0.15) is 5.75 Å². The highest BCUT2D eigenvalue weighted by Crippen LogP contribution is 2.28. The van der Waals surface area contributed by atoms with Gasteiger partial charge in [0.25, 0.3) is 5.91 Å². The zero-order chi connectivity index (χ0) is 20.9. The number of carbonyl (C=O) groups excluding carboxylic acids is 1. The molecule has 3 aromatic rings. The highest BCUT2D eigenvalue weighted by Gasteiger charge is 2.10. The van der Waals surface area contributed by atoms with Gasteiger partial charge in [-0.3, -0.25) is 4.79 Å². The third-order valence-electron chi connectivity index (χ3n) is 4.51. The first-order chi connectivity index (χ1) is 13.8. The summed E-state index contributed by atoms with van der Waals surface area (Å²) in [4.78, 5) is 11.2. The molecule has 3 aromatic carbocycles. The third-order valence-corrected chi connectivity index (χ3v) is 5.44. The zero-order valence-corrected chi connectivity index (χ0v) is 16.6. The van der Waals surface area contributed by atoms with Crippen molar-refractivity contribution in [2.24, 2.45) is 10.9 Å². The number of primary amides is 1. The molecule has 0 spiro atoms. The molecule has 29 heavy (non-hydrogen) atoms. The average molecular weight is 413 g/mol. The third kappa shape index (κ3) is 5.54. The first-order valence-corrected chi connectivity index (χ1v) is 10.6. The lowest BCUT2D eigenvalue weighted by atomic mass is 10.0. The number of nitrogens with one attached hydrogen (secondary N) is 1. The van der Waals surface area contributed by atoms with Gasteiger partial charge >= 0.3 is 0 Å². The summed E-state index contributed by atoms with van der Waals surface area (Å²) in [5.74, 6) is 0.0903. The minimum absolute atomic E-state index is 0.0983. The molecule has 0 fully saturated rings. The van der Waals surface area contributed by atoms with Gasteiger partial charge in [0.05, 0.1) is 4.90 Å². The van der Waals surface area contributed by atoms with Crippen molar-refractivity contribution in [3.8, 4) is 5.75 Å². The number of hydrogen-bond donors (Lipinski definition) is 3. The number of sulfonamides is 1. The number of benzene rings is 3. The van der Waals surface area contributed by atoms with Gasteiger partial charge < -0.3 is 15.8 Å². The quantitative estimate of drug-likeness (QED) is 0.460. The minimum Gasteiger partial charge on any atom is -0.483 e. The van der Waals surface area contributed by atoms with E-state index in [1.54, 1.807) is 12.1 Å². The van der Waals surface area contributed by atoms with Crippen molar-refractivity contribution < 1.29 is 17.9 Å². The number of primary sulfonamides is 1. The van der Waals surface area contributed by atoms with E-state index in [0.717, 1.165) is 21.9 Å². The van der Waals surface area contributed by atoms with Crippen LogP contribution >= 0.6 is 0 Å². The van der Waals surface area contributed by atoms with Crippen molar-refractivity contribution in [3.05, 3.63) is 71.8 Å². The van der Waals surface area contributed by atoms with Gasteiger partial charge in [-0.1, -0.05) is 42.5 Å². The Morgan fingerprint density at radius 1 is 1.00 bits per heavy atom. The van der Waals surface area contributed by atoms with E-state index in [1.807, 2.05) is 36.4 Å². The Balaban J connectivity index is 1.67. The van der Waals surface area contributed by atoms with E-state index in [0.29, 0.717) is 25.3 Å². The van der Waals surface area contributed by atoms with Crippen LogP contribution in [0.5, 0.6) is 5.75 Å². The highest BCUT2D eigenvalue weighted by atomic mass is 32.2. The van der Waals surface area contributed by atoms with Crippen LogP contribution in [-0.4, -0.2) is 27.5 Å². The molecular formula is C21H23N3O4S. The van der Waals surface area contributed by atoms with Gasteiger partial charge in [-0.05, 0) is 47.5 Å². The van der Waals surface area contributed by atoms with Crippen LogP contribution < -0.4 is 20.9 Å². The normalized spacial score (nSPS) is 11.5. The number of rotatable bonds is 9. The first-order valence-electron chi connectivity index (χ1n) is 9.09. The molecular weight excluding hydrogens is 390 g/mol. The van der Waals surface area contributed by atoms with E-state index in [4.69, 9.17) is 15.6 Å². The summed E-state index contributed by atoms with van der Waals surface area (Å²) < 4.78 is 28.2. The van der Waals surface area contributed by atoms with E-state index in [2.05, 4.69) is 5.32 Å². The maximum absolute atomic E-state index is 11.3. The molecule has 5 N–H and O–H groups in total. The molecule has 0 radical (unpaired) electrons. The molecule has 0 saturated carbocycles. The second-order valence-electron chi connectivity index (χ2n) is 6.63. The van der Waals surface area contributed by atoms with Gasteiger partial charge in [-0.15, -0.1) is 0 Å². The summed E-state index contributed by atoms with van der Waals surface area (Å²) in [6, 6.07) is 18.2. The standard InChI is InChI=1S/C21H23N3O4S/c22-21(25)14-28-20-10-7-16-3-1-2-4-18(16)19(20)13-24-12-11-15-5-8-17(9-6-15)29(23,26)27/h1-10,24H,11-14H2,(H2,22,25)(H2,23,26,27). The van der Waals surface area contributed by atoms with Crippen LogP contribution in [-0.2, 0) is 27.8 Å². The molecule has 0 aromatic heterocycles. The van der Waals surface area contributed by atoms with Gasteiger partial charge in [0, 0.05) is 12.1 Å². The number of carbonyl (C=O) groups is 1. The molecule has 0 aliphatic heterocycles. The molecule has 0 aliphatic carbocycles. The summed E-state index contributed by atoms with van der Waals surface area (Å²) in [7, 11) is -3.68. The fraction of sp³-hybridized carbons (Fsp3) is 0.190. The van der Waals surface area contributed by atoms with Crippen LogP contribution in [0.25, 0.3) is 10.8 Å². The lowest BCUT2D eigenvalue weighted by Gasteiger charge is -2.14. The summed E-state index contributed by atoms with van der Waals surface area (Å²) in [6.45, 7) is 1.04. The summed E-state index contributed by atoms with van der Waals surface area (Å²) in [6.07, 6.45) is 0.715. The maximum Gasteiger partial charge on any atom is 0.255 e. The van der Waals surface area contributed by atoms with Crippen molar-refractivity contribution in [1.82, 2.24) is 5.32 Å². The zero-order valence-electron chi connectivity index (χ0n) is 15.8. The summed E-state index contributed by atoms with van der Waals surface area (Å²) in [5, 5.41) is 10.6. The highest BCUT2D eigenvalue weighted by molar-refractivity contribution is 7.89. The number of nitrogens with two attached hydrogens (primary N) is 2. The van der Waals surface area contributed by atoms with Crippen molar-refractivity contribution in [1.29, 1.82) is 0 Å². The maximum atomic E-state index is 11.3. The van der Waals surface area contributed by atoms with Crippen LogP contribution in [0.2, 0.25) is 0 Å². The topological polar surface area (TPSA) is 125 Å². The molecule has 0 bridgehead atoms. The van der Waals surface area contributed by atoms with Crippen LogP contribution in [0.1, 0.15) is 11.1 Å². The minimum atomic E-state index is -3.68. The fourth-order valence-electron chi connectivity index (χ4n) is 3.07. The molecule has 0 unspecified atom stereocenters. The van der Waals surface area contributed by atoms with Gasteiger partial charge in [-0.25, -0.2) is 13.6 Å². The Bertz CT molecular complexity index is 1110. The van der Waals surface area contributed by atoms with Crippen molar-refractivity contribution in [3.63, 3.8) is 0 Å². The Morgan fingerprint density at radius 2 is 1.72 bits per heavy atom. The van der Waals surface area contributed by atoms with E-state index in [9.17, 15) is 13.2 Å². The Hall–Kier alpha value is -2.94. The molecule has 7 nitrogen and oxygen atoms in total. The SMILES string of the molecule is NC(=O)COc1ccc2ccccc2c1CNCCc1ccc(S(N)(=O)=O)cc1. The predicted molar refractivity (Wildman–Crippen MR) is 112 cm³/mol. The second kappa shape index (κ2) is 9.04. The lowest BCUT2D eigenvalue weighted by Crippen LogP contribution is -2.22. The van der Waals surface area contributed by atoms with E-state index < -0.39 is 15.9 Å². The van der Waals surface area contributed by atoms with Crippen molar-refractivity contribution >= 4 is 26.7 Å². The van der Waals surface area contributed by atoms with E-state index in [-0.39, 0.29) is 11.5 Å². The number of ether oxygens (including phenoxy) is 1. The summed E-state index contributed by atoms with van der Waals surface area (Å²) >= 11 is 0. The molecule has 0 heterocycles. The molecule has 152 valence electrons. The second-order valence-corrected chi connectivity index (χ2v) is 8.20. The molecule has 0 aliphatic rings. The van der Waals surface area contributed by atoms with Gasteiger partial charge in [0.2, 0.25) is 10.0 Å². The molecule has 3 rings (SSSR count). The van der Waals surface area contributed by atoms with Crippen LogP contribution in [0.15, 0.2) is 65.6 Å². The fourth-order valence-corrected chi connectivity index (χ4v) is 3.59. The molecule has 0 atom stereocenters. The molecule has 0 saturated heterocycles. The van der Waals surface area contributed by atoms with Crippen LogP contribution in [0.4, 0.5) is 0 Å². The van der Waals surface area contributed by atoms with E-state index in [1.165, 1.54) is 12.1 Å². The van der Waals surface area contributed by atoms with Gasteiger partial charge in [-0.2, -0.15) is 0 Å². The van der Waals surface area contributed by atoms with Crippen LogP contribution in [0, 0.1) is 0 Å². The Morgan fingerprint density at radius 3 is 2.41 bits per heavy atom. The van der Waals surface area contributed by atoms with Crippen LogP contribution in [0.3, 0.4) is 0 Å². The summed E-state index contributed by atoms with van der Waals surface area (Å²) in [5.41, 5.74) is 7.15. The van der Waals surface area contributed by atoms with Crippen molar-refractivity contribution in [2.45, 2.75) is 17.9 Å². The smallest absolute Gasteiger partial charge is 0.255 e. The largest absolute Gasteiger partial charge is 0.483 e. The lowest BCUT2D eigenvalue weighted by molar-refractivity contribution is -0.119. The number of amides is 1. The molecule has 1 amide bonds. The Labute approximate surface area is 169 Å². The van der Waals surface area contributed by atoms with Gasteiger partial charge in [0.15, 0.2) is 6.61 Å². The molecule has 8 heteroatoms.